The number of benzene rings is 1. The highest BCUT2D eigenvalue weighted by Crippen LogP contribution is 2.28. The Morgan fingerprint density at radius 1 is 1.26 bits per heavy atom. The van der Waals surface area contributed by atoms with E-state index in [1.165, 1.54) is 0 Å². The third-order valence-corrected chi connectivity index (χ3v) is 4.10. The maximum atomic E-state index is 10.8. The Bertz CT molecular complexity index is 454. The van der Waals surface area contributed by atoms with Crippen LogP contribution in [0.5, 0.6) is 0 Å². The van der Waals surface area contributed by atoms with Crippen molar-refractivity contribution >= 4 is 29.2 Å². The molecule has 1 aliphatic rings. The summed E-state index contributed by atoms with van der Waals surface area (Å²) in [5.41, 5.74) is 0.909. The van der Waals surface area contributed by atoms with Gasteiger partial charge in [0.25, 0.3) is 0 Å². The van der Waals surface area contributed by atoms with Crippen LogP contribution in [-0.2, 0) is 16.1 Å². The van der Waals surface area contributed by atoms with Crippen molar-refractivity contribution < 1.29 is 14.6 Å². The second-order valence-electron chi connectivity index (χ2n) is 4.86. The maximum Gasteiger partial charge on any atom is 0.306 e. The second-order valence-corrected chi connectivity index (χ2v) is 5.70. The molecule has 0 radical (unpaired) electrons. The van der Waals surface area contributed by atoms with Gasteiger partial charge in [-0.05, 0) is 43.4 Å². The first-order valence-electron chi connectivity index (χ1n) is 6.34. The molecule has 0 unspecified atom stereocenters. The lowest BCUT2D eigenvalue weighted by Crippen LogP contribution is -2.25. The Labute approximate surface area is 122 Å². The van der Waals surface area contributed by atoms with Gasteiger partial charge in [-0.3, -0.25) is 4.79 Å². The van der Waals surface area contributed by atoms with E-state index in [-0.39, 0.29) is 12.0 Å². The Hall–Kier alpha value is -0.770. The first-order chi connectivity index (χ1) is 9.06. The van der Waals surface area contributed by atoms with Crippen LogP contribution >= 0.6 is 23.2 Å². The summed E-state index contributed by atoms with van der Waals surface area (Å²) in [7, 11) is 0. The molecule has 0 bridgehead atoms. The van der Waals surface area contributed by atoms with E-state index in [1.54, 1.807) is 12.1 Å². The molecule has 1 aromatic rings. The molecule has 19 heavy (non-hydrogen) atoms. The van der Waals surface area contributed by atoms with Crippen molar-refractivity contribution in [1.29, 1.82) is 0 Å². The van der Waals surface area contributed by atoms with E-state index in [0.29, 0.717) is 29.5 Å². The molecule has 0 spiro atoms. The minimum atomic E-state index is -0.695. The molecule has 1 saturated carbocycles. The fourth-order valence-corrected chi connectivity index (χ4v) is 2.79. The van der Waals surface area contributed by atoms with E-state index in [0.717, 1.165) is 18.4 Å². The molecule has 1 aromatic carbocycles. The number of carboxylic acid groups (broad SMARTS) is 1. The van der Waals surface area contributed by atoms with E-state index >= 15 is 0 Å². The van der Waals surface area contributed by atoms with Crippen LogP contribution in [0, 0.1) is 5.92 Å². The standard InChI is InChI=1S/C14H16Cl2O3/c15-11-4-1-10(13(16)7-11)8-19-12-5-2-9(3-6-12)14(17)18/h1,4,7,9,12H,2-3,5-6,8H2,(H,17,18). The van der Waals surface area contributed by atoms with Gasteiger partial charge >= 0.3 is 5.97 Å². The number of carbonyl (C=O) groups is 1. The number of ether oxygens (including phenoxy) is 1. The molecule has 0 saturated heterocycles. The fraction of sp³-hybridized carbons (Fsp3) is 0.500. The number of rotatable bonds is 4. The predicted octanol–water partition coefficient (Wildman–Crippen LogP) is 4.15. The average Bonchev–Trinajstić information content (AvgIpc) is 2.38. The van der Waals surface area contributed by atoms with Crippen LogP contribution in [0.25, 0.3) is 0 Å². The van der Waals surface area contributed by atoms with Crippen molar-refractivity contribution in [3.63, 3.8) is 0 Å². The van der Waals surface area contributed by atoms with Gasteiger partial charge in [0.1, 0.15) is 0 Å². The van der Waals surface area contributed by atoms with Gasteiger partial charge in [-0.1, -0.05) is 29.3 Å². The van der Waals surface area contributed by atoms with E-state index in [9.17, 15) is 4.79 Å². The Balaban J connectivity index is 1.82. The van der Waals surface area contributed by atoms with Crippen molar-refractivity contribution in [2.45, 2.75) is 38.4 Å². The zero-order valence-electron chi connectivity index (χ0n) is 10.4. The first-order valence-corrected chi connectivity index (χ1v) is 7.10. The number of hydrogen-bond acceptors (Lipinski definition) is 2. The quantitative estimate of drug-likeness (QED) is 0.908. The minimum absolute atomic E-state index is 0.127. The van der Waals surface area contributed by atoms with Crippen LogP contribution in [0.2, 0.25) is 10.0 Å². The average molecular weight is 303 g/mol. The summed E-state index contributed by atoms with van der Waals surface area (Å²) in [4.78, 5) is 10.8. The van der Waals surface area contributed by atoms with Gasteiger partial charge in [0.15, 0.2) is 0 Å². The van der Waals surface area contributed by atoms with Crippen molar-refractivity contribution in [2.75, 3.05) is 0 Å². The monoisotopic (exact) mass is 302 g/mol. The molecular weight excluding hydrogens is 287 g/mol. The van der Waals surface area contributed by atoms with E-state index in [2.05, 4.69) is 0 Å². The molecule has 3 nitrogen and oxygen atoms in total. The van der Waals surface area contributed by atoms with Gasteiger partial charge in [0.05, 0.1) is 18.6 Å². The van der Waals surface area contributed by atoms with Crippen molar-refractivity contribution in [1.82, 2.24) is 0 Å². The molecule has 0 atom stereocenters. The lowest BCUT2D eigenvalue weighted by Gasteiger charge is -2.26. The summed E-state index contributed by atoms with van der Waals surface area (Å²) < 4.78 is 5.80. The largest absolute Gasteiger partial charge is 0.481 e. The zero-order chi connectivity index (χ0) is 13.8. The van der Waals surface area contributed by atoms with Gasteiger partial charge in [0.2, 0.25) is 0 Å². The normalized spacial score (nSPS) is 23.3. The van der Waals surface area contributed by atoms with Crippen LogP contribution in [0.15, 0.2) is 18.2 Å². The molecule has 0 amide bonds. The van der Waals surface area contributed by atoms with Crippen molar-refractivity contribution in [3.05, 3.63) is 33.8 Å². The number of hydrogen-bond donors (Lipinski definition) is 1. The summed E-state index contributed by atoms with van der Waals surface area (Å²) in [5, 5.41) is 10.1. The summed E-state index contributed by atoms with van der Waals surface area (Å²) in [6.07, 6.45) is 3.09. The SMILES string of the molecule is O=C(O)C1CCC(OCc2ccc(Cl)cc2Cl)CC1. The van der Waals surface area contributed by atoms with E-state index < -0.39 is 5.97 Å². The minimum Gasteiger partial charge on any atom is -0.481 e. The Morgan fingerprint density at radius 2 is 1.95 bits per heavy atom. The molecule has 2 rings (SSSR count). The van der Waals surface area contributed by atoms with Gasteiger partial charge in [0, 0.05) is 10.0 Å². The van der Waals surface area contributed by atoms with Crippen molar-refractivity contribution in [3.8, 4) is 0 Å². The Morgan fingerprint density at radius 3 is 2.53 bits per heavy atom. The molecule has 5 heteroatoms. The summed E-state index contributed by atoms with van der Waals surface area (Å²) >= 11 is 11.9. The highest BCUT2D eigenvalue weighted by molar-refractivity contribution is 6.35. The predicted molar refractivity (Wildman–Crippen MR) is 74.6 cm³/mol. The molecule has 0 heterocycles. The molecule has 0 aromatic heterocycles. The van der Waals surface area contributed by atoms with Crippen LogP contribution in [0.3, 0.4) is 0 Å². The molecule has 1 fully saturated rings. The first kappa shape index (κ1) is 14.6. The molecule has 1 N–H and O–H groups in total. The molecule has 104 valence electrons. The van der Waals surface area contributed by atoms with Gasteiger partial charge in [-0.2, -0.15) is 0 Å². The van der Waals surface area contributed by atoms with E-state index in [1.807, 2.05) is 6.07 Å². The zero-order valence-corrected chi connectivity index (χ0v) is 12.0. The third kappa shape index (κ3) is 4.10. The van der Waals surface area contributed by atoms with Crippen LogP contribution in [0.1, 0.15) is 31.2 Å². The van der Waals surface area contributed by atoms with Crippen LogP contribution < -0.4 is 0 Å². The fourth-order valence-electron chi connectivity index (χ4n) is 2.32. The second kappa shape index (κ2) is 6.60. The lowest BCUT2D eigenvalue weighted by molar-refractivity contribution is -0.143. The van der Waals surface area contributed by atoms with Gasteiger partial charge in [-0.15, -0.1) is 0 Å². The number of halogens is 2. The van der Waals surface area contributed by atoms with Crippen LogP contribution in [0.4, 0.5) is 0 Å². The smallest absolute Gasteiger partial charge is 0.306 e. The van der Waals surface area contributed by atoms with Crippen molar-refractivity contribution in [2.24, 2.45) is 5.92 Å². The van der Waals surface area contributed by atoms with Gasteiger partial charge in [-0.25, -0.2) is 0 Å². The van der Waals surface area contributed by atoms with E-state index in [4.69, 9.17) is 33.0 Å². The molecule has 0 aliphatic heterocycles. The highest BCUT2D eigenvalue weighted by atomic mass is 35.5. The summed E-state index contributed by atoms with van der Waals surface area (Å²) in [6.45, 7) is 0.443. The highest BCUT2D eigenvalue weighted by Gasteiger charge is 2.26. The Kier molecular flexibility index (Phi) is 5.08. The summed E-state index contributed by atoms with van der Waals surface area (Å²) in [5.74, 6) is -0.904. The van der Waals surface area contributed by atoms with Crippen LogP contribution in [-0.4, -0.2) is 17.2 Å². The number of aliphatic carboxylic acids is 1. The lowest BCUT2D eigenvalue weighted by atomic mass is 9.87. The number of carboxylic acids is 1. The summed E-state index contributed by atoms with van der Waals surface area (Å²) in [6, 6.07) is 5.34. The molecular formula is C14H16Cl2O3. The third-order valence-electron chi connectivity index (χ3n) is 3.51. The van der Waals surface area contributed by atoms with Gasteiger partial charge < -0.3 is 9.84 Å². The maximum absolute atomic E-state index is 10.8. The molecule has 1 aliphatic carbocycles. The topological polar surface area (TPSA) is 46.5 Å².